The van der Waals surface area contributed by atoms with E-state index < -0.39 is 0 Å². The highest BCUT2D eigenvalue weighted by Crippen LogP contribution is 2.12. The van der Waals surface area contributed by atoms with E-state index in [4.69, 9.17) is 17.5 Å². The maximum absolute atomic E-state index is 5.77. The van der Waals surface area contributed by atoms with Crippen molar-refractivity contribution in [2.75, 3.05) is 0 Å². The molecule has 1 aromatic heterocycles. The standard InChI is InChI=1S/C10H10ClN3O/c11-9-5-13-14(6-9)10-3-1-8(2-4-10)7-15-12/h1-6H,7,12H2. The van der Waals surface area contributed by atoms with Gasteiger partial charge in [-0.3, -0.25) is 4.84 Å². The Balaban J connectivity index is 2.23. The van der Waals surface area contributed by atoms with Gasteiger partial charge >= 0.3 is 0 Å². The minimum atomic E-state index is 0.403. The fraction of sp³-hybridized carbons (Fsp3) is 0.100. The lowest BCUT2D eigenvalue weighted by molar-refractivity contribution is 0.124. The van der Waals surface area contributed by atoms with Gasteiger partial charge in [0.1, 0.15) is 0 Å². The van der Waals surface area contributed by atoms with E-state index in [1.54, 1.807) is 17.1 Å². The van der Waals surface area contributed by atoms with Crippen LogP contribution in [0.3, 0.4) is 0 Å². The molecule has 0 amide bonds. The highest BCUT2D eigenvalue weighted by molar-refractivity contribution is 6.30. The maximum atomic E-state index is 5.77. The zero-order valence-corrected chi connectivity index (χ0v) is 8.69. The third kappa shape index (κ3) is 2.36. The van der Waals surface area contributed by atoms with Crippen molar-refractivity contribution in [1.29, 1.82) is 0 Å². The van der Waals surface area contributed by atoms with Crippen molar-refractivity contribution in [2.24, 2.45) is 5.90 Å². The molecule has 0 aliphatic heterocycles. The molecule has 15 heavy (non-hydrogen) atoms. The van der Waals surface area contributed by atoms with Crippen LogP contribution in [0.25, 0.3) is 5.69 Å². The number of nitrogens with two attached hydrogens (primary N) is 1. The van der Waals surface area contributed by atoms with Crippen molar-refractivity contribution in [1.82, 2.24) is 9.78 Å². The summed E-state index contributed by atoms with van der Waals surface area (Å²) >= 11 is 5.77. The van der Waals surface area contributed by atoms with E-state index in [0.29, 0.717) is 11.6 Å². The number of halogens is 1. The van der Waals surface area contributed by atoms with Gasteiger partial charge in [-0.15, -0.1) is 0 Å². The average Bonchev–Trinajstić information content (AvgIpc) is 2.67. The van der Waals surface area contributed by atoms with E-state index in [-0.39, 0.29) is 0 Å². The Hall–Kier alpha value is -1.36. The molecule has 78 valence electrons. The Bertz CT molecular complexity index is 438. The van der Waals surface area contributed by atoms with Crippen LogP contribution in [-0.4, -0.2) is 9.78 Å². The first-order valence-electron chi connectivity index (χ1n) is 4.41. The summed E-state index contributed by atoms with van der Waals surface area (Å²) in [5.41, 5.74) is 1.96. The monoisotopic (exact) mass is 223 g/mol. The molecule has 0 atom stereocenters. The normalized spacial score (nSPS) is 10.5. The van der Waals surface area contributed by atoms with Crippen molar-refractivity contribution in [3.05, 3.63) is 47.2 Å². The summed E-state index contributed by atoms with van der Waals surface area (Å²) in [6, 6.07) is 7.71. The highest BCUT2D eigenvalue weighted by Gasteiger charge is 1.99. The lowest BCUT2D eigenvalue weighted by Gasteiger charge is -2.02. The van der Waals surface area contributed by atoms with E-state index >= 15 is 0 Å². The molecule has 0 spiro atoms. The van der Waals surface area contributed by atoms with Crippen LogP contribution in [0.1, 0.15) is 5.56 Å². The van der Waals surface area contributed by atoms with E-state index in [9.17, 15) is 0 Å². The Morgan fingerprint density at radius 3 is 2.60 bits per heavy atom. The van der Waals surface area contributed by atoms with Crippen molar-refractivity contribution < 1.29 is 4.84 Å². The van der Waals surface area contributed by atoms with Gasteiger partial charge in [0.15, 0.2) is 0 Å². The molecule has 0 aliphatic rings. The first kappa shape index (κ1) is 10.2. The second-order valence-corrected chi connectivity index (χ2v) is 3.52. The Morgan fingerprint density at radius 1 is 1.33 bits per heavy atom. The summed E-state index contributed by atoms with van der Waals surface area (Å²) in [7, 11) is 0. The third-order valence-corrected chi connectivity index (χ3v) is 2.20. The smallest absolute Gasteiger partial charge is 0.0930 e. The second-order valence-electron chi connectivity index (χ2n) is 3.08. The second kappa shape index (κ2) is 4.44. The molecule has 0 radical (unpaired) electrons. The molecule has 2 rings (SSSR count). The van der Waals surface area contributed by atoms with Gasteiger partial charge in [0.2, 0.25) is 0 Å². The van der Waals surface area contributed by atoms with E-state index in [1.807, 2.05) is 24.3 Å². The number of nitrogens with zero attached hydrogens (tertiary/aromatic N) is 2. The minimum absolute atomic E-state index is 0.403. The van der Waals surface area contributed by atoms with Gasteiger partial charge in [0.25, 0.3) is 0 Å². The molecule has 1 aromatic carbocycles. The zero-order valence-electron chi connectivity index (χ0n) is 7.93. The molecule has 0 aliphatic carbocycles. The highest BCUT2D eigenvalue weighted by atomic mass is 35.5. The number of hydrogen-bond acceptors (Lipinski definition) is 3. The first-order valence-corrected chi connectivity index (χ1v) is 4.78. The molecule has 4 nitrogen and oxygen atoms in total. The molecule has 0 saturated carbocycles. The van der Waals surface area contributed by atoms with Crippen molar-refractivity contribution in [3.63, 3.8) is 0 Å². The lowest BCUT2D eigenvalue weighted by atomic mass is 10.2. The van der Waals surface area contributed by atoms with Gasteiger partial charge in [-0.2, -0.15) is 5.10 Å². The van der Waals surface area contributed by atoms with Gasteiger partial charge in [-0.25, -0.2) is 10.6 Å². The van der Waals surface area contributed by atoms with Crippen LogP contribution in [0, 0.1) is 0 Å². The van der Waals surface area contributed by atoms with Gasteiger partial charge in [0, 0.05) is 6.20 Å². The van der Waals surface area contributed by atoms with Gasteiger partial charge < -0.3 is 0 Å². The topological polar surface area (TPSA) is 53.1 Å². The van der Waals surface area contributed by atoms with Gasteiger partial charge in [-0.05, 0) is 17.7 Å². The molecular weight excluding hydrogens is 214 g/mol. The SMILES string of the molecule is NOCc1ccc(-n2cc(Cl)cn2)cc1. The molecule has 0 fully saturated rings. The summed E-state index contributed by atoms with van der Waals surface area (Å²) < 4.78 is 1.70. The summed E-state index contributed by atoms with van der Waals surface area (Å²) in [5.74, 6) is 4.98. The summed E-state index contributed by atoms with van der Waals surface area (Å²) in [6.45, 7) is 0.403. The number of benzene rings is 1. The fourth-order valence-corrected chi connectivity index (χ4v) is 1.42. The van der Waals surface area contributed by atoms with Crippen LogP contribution in [-0.2, 0) is 11.4 Å². The summed E-state index contributed by atoms with van der Waals surface area (Å²) in [6.07, 6.45) is 3.34. The third-order valence-electron chi connectivity index (χ3n) is 2.00. The zero-order chi connectivity index (χ0) is 10.7. The summed E-state index contributed by atoms with van der Waals surface area (Å²) in [5, 5.41) is 4.71. The summed E-state index contributed by atoms with van der Waals surface area (Å²) in [4.78, 5) is 4.53. The van der Waals surface area contributed by atoms with Crippen LogP contribution in [0.4, 0.5) is 0 Å². The van der Waals surface area contributed by atoms with E-state index in [2.05, 4.69) is 9.94 Å². The van der Waals surface area contributed by atoms with Crippen LogP contribution >= 0.6 is 11.6 Å². The van der Waals surface area contributed by atoms with Crippen molar-refractivity contribution >= 4 is 11.6 Å². The number of aromatic nitrogens is 2. The molecule has 1 heterocycles. The minimum Gasteiger partial charge on any atom is -0.300 e. The van der Waals surface area contributed by atoms with Crippen molar-refractivity contribution in [3.8, 4) is 5.69 Å². The van der Waals surface area contributed by atoms with Crippen LogP contribution < -0.4 is 5.90 Å². The van der Waals surface area contributed by atoms with Gasteiger partial charge in [-0.1, -0.05) is 23.7 Å². The molecular formula is C10H10ClN3O. The lowest BCUT2D eigenvalue weighted by Crippen LogP contribution is -1.99. The molecule has 0 bridgehead atoms. The molecule has 0 saturated heterocycles. The Morgan fingerprint density at radius 2 is 2.07 bits per heavy atom. The predicted octanol–water partition coefficient (Wildman–Crippen LogP) is 1.92. The maximum Gasteiger partial charge on any atom is 0.0930 e. The molecule has 5 heteroatoms. The van der Waals surface area contributed by atoms with Crippen LogP contribution in [0.15, 0.2) is 36.7 Å². The molecule has 2 aromatic rings. The molecule has 2 N–H and O–H groups in total. The van der Waals surface area contributed by atoms with Crippen LogP contribution in [0.5, 0.6) is 0 Å². The Labute approximate surface area is 92.2 Å². The number of hydrogen-bond donors (Lipinski definition) is 1. The van der Waals surface area contributed by atoms with E-state index in [0.717, 1.165) is 11.3 Å². The van der Waals surface area contributed by atoms with E-state index in [1.165, 1.54) is 0 Å². The number of rotatable bonds is 3. The van der Waals surface area contributed by atoms with Gasteiger partial charge in [0.05, 0.1) is 23.5 Å². The molecule has 0 unspecified atom stereocenters. The Kier molecular flexibility index (Phi) is 3.01. The van der Waals surface area contributed by atoms with Crippen molar-refractivity contribution in [2.45, 2.75) is 6.61 Å². The quantitative estimate of drug-likeness (QED) is 0.809. The predicted molar refractivity (Wildman–Crippen MR) is 57.6 cm³/mol. The fourth-order valence-electron chi connectivity index (χ4n) is 1.28. The first-order chi connectivity index (χ1) is 7.29. The largest absolute Gasteiger partial charge is 0.300 e. The average molecular weight is 224 g/mol. The van der Waals surface area contributed by atoms with Crippen LogP contribution in [0.2, 0.25) is 5.02 Å².